The molecule has 1 rings (SSSR count). The number of rotatable bonds is 2. The van der Waals surface area contributed by atoms with Crippen LogP contribution in [0.15, 0.2) is 35.7 Å². The highest BCUT2D eigenvalue weighted by Gasteiger charge is 2.11. The van der Waals surface area contributed by atoms with Crippen molar-refractivity contribution < 1.29 is 13.0 Å². The molecule has 0 aliphatic carbocycles. The third-order valence-corrected chi connectivity index (χ3v) is 2.34. The van der Waals surface area contributed by atoms with Gasteiger partial charge < -0.3 is 11.5 Å². The second kappa shape index (κ2) is 5.89. The smallest absolute Gasteiger partial charge is 0.295 e. The predicted octanol–water partition coefficient (Wildman–Crippen LogP) is 0.415. The van der Waals surface area contributed by atoms with Gasteiger partial charge in [-0.15, -0.1) is 0 Å². The second-order valence-electron chi connectivity index (χ2n) is 2.67. The van der Waals surface area contributed by atoms with E-state index in [0.717, 1.165) is 0 Å². The molecule has 0 saturated heterocycles. The lowest BCUT2D eigenvalue weighted by Crippen LogP contribution is -2.20. The van der Waals surface area contributed by atoms with Gasteiger partial charge in [0.05, 0.1) is 0 Å². The Hall–Kier alpha value is -1.86. The van der Waals surface area contributed by atoms with E-state index in [0.29, 0.717) is 5.56 Å². The van der Waals surface area contributed by atoms with E-state index >= 15 is 0 Å². The summed E-state index contributed by atoms with van der Waals surface area (Å²) in [6.45, 7) is 3.43. The van der Waals surface area contributed by atoms with Crippen LogP contribution < -0.4 is 11.5 Å². The maximum absolute atomic E-state index is 10.7. The fourth-order valence-corrected chi connectivity index (χ4v) is 1.58. The van der Waals surface area contributed by atoms with Crippen LogP contribution in [0.1, 0.15) is 5.56 Å². The van der Waals surface area contributed by atoms with Gasteiger partial charge in [-0.1, -0.05) is 30.9 Å². The molecule has 0 heterocycles. The van der Waals surface area contributed by atoms with Crippen LogP contribution in [0, 0.1) is 5.41 Å². The van der Waals surface area contributed by atoms with Crippen molar-refractivity contribution in [3.63, 3.8) is 0 Å². The van der Waals surface area contributed by atoms with E-state index in [4.69, 9.17) is 9.96 Å². The molecule has 0 fully saturated rings. The van der Waals surface area contributed by atoms with E-state index in [9.17, 15) is 8.42 Å². The minimum absolute atomic E-state index is 0.111. The van der Waals surface area contributed by atoms with Crippen molar-refractivity contribution in [2.75, 3.05) is 0 Å². The van der Waals surface area contributed by atoms with Crippen LogP contribution in [0.2, 0.25) is 0 Å². The van der Waals surface area contributed by atoms with E-state index < -0.39 is 10.1 Å². The molecule has 0 saturated carbocycles. The first kappa shape index (κ1) is 14.1. The molecule has 0 aliphatic heterocycles. The molecule has 0 spiro atoms. The Morgan fingerprint density at radius 1 is 1.38 bits per heavy atom. The quantitative estimate of drug-likeness (QED) is 0.339. The summed E-state index contributed by atoms with van der Waals surface area (Å²) in [4.78, 5) is -0.111. The van der Waals surface area contributed by atoms with E-state index in [2.05, 4.69) is 18.0 Å². The van der Waals surface area contributed by atoms with Crippen molar-refractivity contribution in [2.24, 2.45) is 11.5 Å². The number of nitrogens with one attached hydrogen (secondary N) is 1. The highest BCUT2D eigenvalue weighted by atomic mass is 32.2. The summed E-state index contributed by atoms with van der Waals surface area (Å²) in [7, 11) is -4.12. The molecular weight excluding hydrogens is 230 g/mol. The first-order valence-corrected chi connectivity index (χ1v) is 5.51. The van der Waals surface area contributed by atoms with Crippen molar-refractivity contribution >= 4 is 22.2 Å². The van der Waals surface area contributed by atoms with Crippen molar-refractivity contribution in [3.8, 4) is 0 Å². The molecule has 0 unspecified atom stereocenters. The van der Waals surface area contributed by atoms with Crippen LogP contribution in [0.25, 0.3) is 6.08 Å². The van der Waals surface area contributed by atoms with Gasteiger partial charge in [-0.25, -0.2) is 0 Å². The Morgan fingerprint density at radius 2 is 1.81 bits per heavy atom. The standard InChI is InChI=1S/C8H8O3S.CH5N3/c1-2-7-5-3-4-6-8(7)12(9,10)11;2-1(3)4/h2-6H,1H2,(H,9,10,11);(H5,2,3,4). The van der Waals surface area contributed by atoms with Crippen LogP contribution in [0.3, 0.4) is 0 Å². The Kier molecular flexibility index (Phi) is 5.20. The van der Waals surface area contributed by atoms with Crippen LogP contribution >= 0.6 is 0 Å². The van der Waals surface area contributed by atoms with Gasteiger partial charge in [0.25, 0.3) is 10.1 Å². The Balaban J connectivity index is 0.000000487. The summed E-state index contributed by atoms with van der Waals surface area (Å²) in [5.74, 6) is -0.333. The maximum atomic E-state index is 10.7. The zero-order valence-corrected chi connectivity index (χ0v) is 9.24. The average Bonchev–Trinajstić information content (AvgIpc) is 2.15. The normalized spacial score (nSPS) is 9.81. The molecule has 16 heavy (non-hydrogen) atoms. The summed E-state index contributed by atoms with van der Waals surface area (Å²) in [5, 5.41) is 6.06. The number of nitrogens with two attached hydrogens (primary N) is 2. The fourth-order valence-electron chi connectivity index (χ4n) is 0.884. The summed E-state index contributed by atoms with van der Waals surface area (Å²) >= 11 is 0. The molecule has 6 N–H and O–H groups in total. The summed E-state index contributed by atoms with van der Waals surface area (Å²) in [6.07, 6.45) is 1.38. The summed E-state index contributed by atoms with van der Waals surface area (Å²) in [5.41, 5.74) is 9.35. The SMILES string of the molecule is C=Cc1ccccc1S(=O)(=O)O.N=C(N)N. The van der Waals surface area contributed by atoms with Crippen molar-refractivity contribution in [1.29, 1.82) is 5.41 Å². The Morgan fingerprint density at radius 3 is 2.12 bits per heavy atom. The molecule has 1 aromatic rings. The zero-order chi connectivity index (χ0) is 12.8. The van der Waals surface area contributed by atoms with Gasteiger partial charge in [-0.2, -0.15) is 8.42 Å². The van der Waals surface area contributed by atoms with Crippen LogP contribution in [0.4, 0.5) is 0 Å². The van der Waals surface area contributed by atoms with Crippen molar-refractivity contribution in [1.82, 2.24) is 0 Å². The Labute approximate surface area is 93.8 Å². The van der Waals surface area contributed by atoms with E-state index in [-0.39, 0.29) is 10.9 Å². The lowest BCUT2D eigenvalue weighted by atomic mass is 10.2. The molecule has 0 aromatic heterocycles. The molecule has 6 nitrogen and oxygen atoms in total. The number of hydrogen-bond donors (Lipinski definition) is 4. The number of hydrogen-bond acceptors (Lipinski definition) is 3. The highest BCUT2D eigenvalue weighted by molar-refractivity contribution is 7.85. The molecule has 88 valence electrons. The lowest BCUT2D eigenvalue weighted by molar-refractivity contribution is 0.483. The maximum Gasteiger partial charge on any atom is 0.295 e. The van der Waals surface area contributed by atoms with Gasteiger partial charge >= 0.3 is 0 Å². The minimum Gasteiger partial charge on any atom is -0.370 e. The monoisotopic (exact) mass is 243 g/mol. The molecule has 0 aliphatic rings. The van der Waals surface area contributed by atoms with Gasteiger partial charge in [-0.05, 0) is 11.6 Å². The van der Waals surface area contributed by atoms with Crippen LogP contribution in [-0.2, 0) is 10.1 Å². The second-order valence-corrected chi connectivity index (χ2v) is 4.06. The average molecular weight is 243 g/mol. The molecule has 0 atom stereocenters. The largest absolute Gasteiger partial charge is 0.370 e. The molecule has 0 amide bonds. The lowest BCUT2D eigenvalue weighted by Gasteiger charge is -2.00. The van der Waals surface area contributed by atoms with Crippen molar-refractivity contribution in [3.05, 3.63) is 36.4 Å². The van der Waals surface area contributed by atoms with Crippen LogP contribution in [-0.4, -0.2) is 18.9 Å². The number of guanidine groups is 1. The third kappa shape index (κ3) is 5.13. The number of benzene rings is 1. The molecule has 1 aromatic carbocycles. The fraction of sp³-hybridized carbons (Fsp3) is 0. The Bertz CT molecular complexity index is 479. The van der Waals surface area contributed by atoms with Gasteiger partial charge in [-0.3, -0.25) is 9.96 Å². The molecule has 0 radical (unpaired) electrons. The first-order chi connectivity index (χ1) is 7.29. The summed E-state index contributed by atoms with van der Waals surface area (Å²) in [6, 6.07) is 6.10. The van der Waals surface area contributed by atoms with Crippen molar-refractivity contribution in [2.45, 2.75) is 4.90 Å². The summed E-state index contributed by atoms with van der Waals surface area (Å²) < 4.78 is 30.2. The van der Waals surface area contributed by atoms with Gasteiger partial charge in [0, 0.05) is 0 Å². The molecule has 0 bridgehead atoms. The molecule has 7 heteroatoms. The van der Waals surface area contributed by atoms with Gasteiger partial charge in [0.15, 0.2) is 5.96 Å². The van der Waals surface area contributed by atoms with E-state index in [1.54, 1.807) is 12.1 Å². The van der Waals surface area contributed by atoms with Crippen LogP contribution in [0.5, 0.6) is 0 Å². The molecular formula is C9H13N3O3S. The topological polar surface area (TPSA) is 130 Å². The van der Waals surface area contributed by atoms with Gasteiger partial charge in [0.1, 0.15) is 4.90 Å². The zero-order valence-electron chi connectivity index (χ0n) is 8.42. The highest BCUT2D eigenvalue weighted by Crippen LogP contribution is 2.15. The van der Waals surface area contributed by atoms with Gasteiger partial charge in [0.2, 0.25) is 0 Å². The third-order valence-electron chi connectivity index (χ3n) is 1.42. The first-order valence-electron chi connectivity index (χ1n) is 4.07. The van der Waals surface area contributed by atoms with E-state index in [1.165, 1.54) is 18.2 Å². The van der Waals surface area contributed by atoms with E-state index in [1.807, 2.05) is 0 Å². The minimum atomic E-state index is -4.12. The predicted molar refractivity (Wildman–Crippen MR) is 62.4 cm³/mol.